The Morgan fingerprint density at radius 1 is 0.432 bits per heavy atom. The molecule has 0 atom stereocenters. The molecule has 1 aliphatic carbocycles. The molecule has 5 aromatic carbocycles. The molecular weight excluding hydrogens is 454 g/mol. The first-order chi connectivity index (χ1) is 18.2. The highest BCUT2D eigenvalue weighted by Crippen LogP contribution is 2.42. The topological polar surface area (TPSA) is 46.2 Å². The van der Waals surface area contributed by atoms with Crippen molar-refractivity contribution in [3.05, 3.63) is 150 Å². The first-order valence-electron chi connectivity index (χ1n) is 12.2. The molecule has 0 heterocycles. The fourth-order valence-corrected chi connectivity index (χ4v) is 4.81. The standard InChI is InChI=1S/C34H23NO2/c36-32-22-31(34(37)28-19-11-10-18-27(28)32)35-33-29(24-14-6-2-7-15-24)20-26(23-12-4-1-5-13-23)21-30(33)25-16-8-3-9-17-25/h1-22,35H. The third-order valence-electron chi connectivity index (χ3n) is 6.63. The third-order valence-corrected chi connectivity index (χ3v) is 6.63. The first-order valence-corrected chi connectivity index (χ1v) is 12.2. The number of ketones is 2. The molecule has 37 heavy (non-hydrogen) atoms. The van der Waals surface area contributed by atoms with Crippen LogP contribution in [0.3, 0.4) is 0 Å². The second-order valence-electron chi connectivity index (χ2n) is 8.97. The highest BCUT2D eigenvalue weighted by Gasteiger charge is 2.27. The number of benzene rings is 5. The van der Waals surface area contributed by atoms with E-state index in [0.29, 0.717) is 11.1 Å². The van der Waals surface area contributed by atoms with E-state index in [1.165, 1.54) is 6.08 Å². The number of nitrogens with one attached hydrogen (secondary N) is 1. The lowest BCUT2D eigenvalue weighted by Crippen LogP contribution is -2.22. The lowest BCUT2D eigenvalue weighted by Gasteiger charge is -2.22. The summed E-state index contributed by atoms with van der Waals surface area (Å²) in [6.07, 6.45) is 1.42. The van der Waals surface area contributed by atoms with Gasteiger partial charge in [-0.1, -0.05) is 115 Å². The minimum Gasteiger partial charge on any atom is -0.351 e. The van der Waals surface area contributed by atoms with E-state index in [1.807, 2.05) is 54.6 Å². The summed E-state index contributed by atoms with van der Waals surface area (Å²) in [5.74, 6) is -0.374. The molecule has 0 fully saturated rings. The maximum absolute atomic E-state index is 13.5. The number of anilines is 1. The highest BCUT2D eigenvalue weighted by atomic mass is 16.1. The quantitative estimate of drug-likeness (QED) is 0.278. The van der Waals surface area contributed by atoms with Gasteiger partial charge in [0.05, 0.1) is 11.4 Å². The van der Waals surface area contributed by atoms with Gasteiger partial charge in [-0.05, 0) is 34.4 Å². The van der Waals surface area contributed by atoms with E-state index in [9.17, 15) is 9.59 Å². The van der Waals surface area contributed by atoms with Crippen molar-refractivity contribution in [1.29, 1.82) is 0 Å². The fourth-order valence-electron chi connectivity index (χ4n) is 4.81. The Bertz CT molecular complexity index is 1590. The number of carbonyl (C=O) groups excluding carboxylic acids is 2. The lowest BCUT2D eigenvalue weighted by molar-refractivity contribution is 0.0985. The van der Waals surface area contributed by atoms with Crippen LogP contribution in [0.2, 0.25) is 0 Å². The molecule has 0 unspecified atom stereocenters. The molecule has 176 valence electrons. The molecule has 0 aromatic heterocycles. The van der Waals surface area contributed by atoms with Crippen molar-refractivity contribution in [2.75, 3.05) is 5.32 Å². The fraction of sp³-hybridized carbons (Fsp3) is 0. The lowest BCUT2D eigenvalue weighted by atomic mass is 9.89. The Labute approximate surface area is 215 Å². The second-order valence-corrected chi connectivity index (χ2v) is 8.97. The van der Waals surface area contributed by atoms with Crippen LogP contribution < -0.4 is 5.32 Å². The summed E-state index contributed by atoms with van der Waals surface area (Å²) in [6.45, 7) is 0. The molecule has 0 bridgehead atoms. The van der Waals surface area contributed by atoms with Crippen molar-refractivity contribution in [3.63, 3.8) is 0 Å². The number of allylic oxidation sites excluding steroid dienone is 2. The predicted octanol–water partition coefficient (Wildman–Crippen LogP) is 8.06. The van der Waals surface area contributed by atoms with Crippen molar-refractivity contribution in [1.82, 2.24) is 0 Å². The summed E-state index contributed by atoms with van der Waals surface area (Å²) in [7, 11) is 0. The van der Waals surface area contributed by atoms with Gasteiger partial charge in [-0.25, -0.2) is 0 Å². The molecule has 0 aliphatic heterocycles. The molecule has 6 rings (SSSR count). The van der Waals surface area contributed by atoms with E-state index in [0.717, 1.165) is 39.1 Å². The molecule has 0 spiro atoms. The molecule has 0 saturated carbocycles. The summed E-state index contributed by atoms with van der Waals surface area (Å²) < 4.78 is 0. The van der Waals surface area contributed by atoms with Gasteiger partial charge in [-0.2, -0.15) is 0 Å². The van der Waals surface area contributed by atoms with E-state index in [1.54, 1.807) is 24.3 Å². The number of hydrogen-bond acceptors (Lipinski definition) is 3. The van der Waals surface area contributed by atoms with Gasteiger partial charge in [0.15, 0.2) is 5.78 Å². The molecule has 1 aliphatic rings. The number of Topliss-reactive ketones (excluding diaryl/α,β-unsaturated/α-hetero) is 1. The van der Waals surface area contributed by atoms with E-state index in [2.05, 4.69) is 53.8 Å². The molecule has 0 saturated heterocycles. The van der Waals surface area contributed by atoms with E-state index in [4.69, 9.17) is 0 Å². The number of hydrogen-bond donors (Lipinski definition) is 1. The van der Waals surface area contributed by atoms with Crippen LogP contribution in [-0.2, 0) is 0 Å². The molecule has 0 amide bonds. The van der Waals surface area contributed by atoms with Gasteiger partial charge in [0.2, 0.25) is 5.78 Å². The maximum Gasteiger partial charge on any atom is 0.210 e. The molecule has 3 heteroatoms. The molecule has 0 radical (unpaired) electrons. The molecule has 1 N–H and O–H groups in total. The second kappa shape index (κ2) is 9.56. The zero-order valence-corrected chi connectivity index (χ0v) is 20.0. The van der Waals surface area contributed by atoms with Crippen molar-refractivity contribution < 1.29 is 9.59 Å². The van der Waals surface area contributed by atoms with Crippen molar-refractivity contribution in [3.8, 4) is 33.4 Å². The minimum absolute atomic E-state index is 0.180. The molecule has 3 nitrogen and oxygen atoms in total. The van der Waals surface area contributed by atoms with Crippen LogP contribution >= 0.6 is 0 Å². The SMILES string of the molecule is O=C1C=C(Nc2c(-c3ccccc3)cc(-c3ccccc3)cc2-c2ccccc2)C(=O)c2ccccc21. The number of rotatable bonds is 5. The monoisotopic (exact) mass is 477 g/mol. The Morgan fingerprint density at radius 2 is 0.892 bits per heavy atom. The van der Waals surface area contributed by atoms with Crippen molar-refractivity contribution in [2.45, 2.75) is 0 Å². The number of carbonyl (C=O) groups is 2. The van der Waals surface area contributed by atoms with Gasteiger partial charge in [-0.3, -0.25) is 9.59 Å². The van der Waals surface area contributed by atoms with Gasteiger partial charge < -0.3 is 5.32 Å². The van der Waals surface area contributed by atoms with Crippen LogP contribution in [0.25, 0.3) is 33.4 Å². The van der Waals surface area contributed by atoms with Gasteiger partial charge >= 0.3 is 0 Å². The Morgan fingerprint density at radius 3 is 1.43 bits per heavy atom. The maximum atomic E-state index is 13.5. The predicted molar refractivity (Wildman–Crippen MR) is 150 cm³/mol. The van der Waals surface area contributed by atoms with Crippen LogP contribution in [0.15, 0.2) is 139 Å². The van der Waals surface area contributed by atoms with E-state index >= 15 is 0 Å². The summed E-state index contributed by atoms with van der Waals surface area (Å²) in [5, 5.41) is 3.41. The summed E-state index contributed by atoms with van der Waals surface area (Å²) >= 11 is 0. The van der Waals surface area contributed by atoms with Crippen LogP contribution in [0.5, 0.6) is 0 Å². The summed E-state index contributed by atoms with van der Waals surface area (Å²) in [5.41, 5.74) is 7.97. The minimum atomic E-state index is -0.194. The Kier molecular flexibility index (Phi) is 5.80. The van der Waals surface area contributed by atoms with Crippen LogP contribution in [0.4, 0.5) is 5.69 Å². The average molecular weight is 478 g/mol. The van der Waals surface area contributed by atoms with Gasteiger partial charge in [0.25, 0.3) is 0 Å². The number of fused-ring (bicyclic) bond motifs is 1. The Hall–Kier alpha value is -5.02. The van der Waals surface area contributed by atoms with Gasteiger partial charge in [-0.15, -0.1) is 0 Å². The van der Waals surface area contributed by atoms with E-state index < -0.39 is 0 Å². The van der Waals surface area contributed by atoms with Crippen LogP contribution in [0.1, 0.15) is 20.7 Å². The van der Waals surface area contributed by atoms with Gasteiger partial charge in [0.1, 0.15) is 0 Å². The normalized spacial score (nSPS) is 12.6. The zero-order valence-electron chi connectivity index (χ0n) is 20.0. The largest absolute Gasteiger partial charge is 0.351 e. The summed E-state index contributed by atoms with van der Waals surface area (Å²) in [6, 6.07) is 41.7. The highest BCUT2D eigenvalue weighted by molar-refractivity contribution is 6.25. The third kappa shape index (κ3) is 4.28. The first kappa shape index (κ1) is 22.4. The van der Waals surface area contributed by atoms with Crippen molar-refractivity contribution in [2.24, 2.45) is 0 Å². The summed E-state index contributed by atoms with van der Waals surface area (Å²) in [4.78, 5) is 26.4. The van der Waals surface area contributed by atoms with Crippen LogP contribution in [0, 0.1) is 0 Å². The molecule has 5 aromatic rings. The average Bonchev–Trinajstić information content (AvgIpc) is 2.97. The van der Waals surface area contributed by atoms with E-state index in [-0.39, 0.29) is 17.3 Å². The molecular formula is C34H23NO2. The Balaban J connectivity index is 1.59. The van der Waals surface area contributed by atoms with Crippen molar-refractivity contribution >= 4 is 17.3 Å². The zero-order chi connectivity index (χ0) is 25.2. The van der Waals surface area contributed by atoms with Crippen LogP contribution in [-0.4, -0.2) is 11.6 Å². The van der Waals surface area contributed by atoms with Gasteiger partial charge in [0, 0.05) is 28.3 Å². The smallest absolute Gasteiger partial charge is 0.210 e.